The Labute approximate surface area is 99.7 Å². The maximum Gasteiger partial charge on any atom is 0.0142 e. The summed E-state index contributed by atoms with van der Waals surface area (Å²) in [5.41, 5.74) is 1.44. The highest BCUT2D eigenvalue weighted by molar-refractivity contribution is 8.01. The second-order valence-electron chi connectivity index (χ2n) is 5.28. The molecule has 0 saturated heterocycles. The summed E-state index contributed by atoms with van der Waals surface area (Å²) in [6.45, 7) is 0. The Hall–Kier alpha value is -0.630. The van der Waals surface area contributed by atoms with E-state index in [4.69, 9.17) is 0 Å². The summed E-state index contributed by atoms with van der Waals surface area (Å²) in [6, 6.07) is 8.49. The Morgan fingerprint density at radius 3 is 2.06 bits per heavy atom. The number of hydrogen-bond donors (Lipinski definition) is 1. The lowest BCUT2D eigenvalue weighted by Crippen LogP contribution is -2.08. The van der Waals surface area contributed by atoms with Crippen molar-refractivity contribution in [1.29, 1.82) is 0 Å². The molecule has 90 valence electrons. The number of rotatable bonds is 2. The van der Waals surface area contributed by atoms with Crippen LogP contribution in [0.3, 0.4) is 0 Å². The summed E-state index contributed by atoms with van der Waals surface area (Å²) in [5.74, 6) is 0.746. The monoisotopic (exact) mass is 238 g/mol. The van der Waals surface area contributed by atoms with Gasteiger partial charge in [0.1, 0.15) is 0 Å². The highest BCUT2D eigenvalue weighted by atomic mass is 32.2. The average Bonchev–Trinajstić information content (AvgIpc) is 2.29. The molecule has 2 heteroatoms. The molecule has 1 nitrogen and oxygen atoms in total. The van der Waals surface area contributed by atoms with Crippen molar-refractivity contribution in [2.24, 2.45) is 0 Å². The van der Waals surface area contributed by atoms with E-state index >= 15 is 0 Å². The molecule has 1 fully saturated rings. The molecule has 0 radical (unpaired) electrons. The minimum Gasteiger partial charge on any atom is -0.281 e. The van der Waals surface area contributed by atoms with Gasteiger partial charge in [-0.2, -0.15) is 0 Å². The zero-order valence-corrected chi connectivity index (χ0v) is 11.2. The SMILES string of the molecule is C[SH](C)(=O)c1ccc(C2CCCCC2)cc1. The van der Waals surface area contributed by atoms with Crippen molar-refractivity contribution in [3.8, 4) is 0 Å². The van der Waals surface area contributed by atoms with E-state index in [9.17, 15) is 4.21 Å². The Bertz CT molecular complexity index is 382. The lowest BCUT2D eigenvalue weighted by molar-refractivity contribution is 0.443. The predicted molar refractivity (Wildman–Crippen MR) is 71.9 cm³/mol. The Kier molecular flexibility index (Phi) is 3.48. The summed E-state index contributed by atoms with van der Waals surface area (Å²) >= 11 is 0. The van der Waals surface area contributed by atoms with Gasteiger partial charge in [0.05, 0.1) is 0 Å². The third kappa shape index (κ3) is 2.73. The van der Waals surface area contributed by atoms with E-state index in [1.807, 2.05) is 12.5 Å². The van der Waals surface area contributed by atoms with Gasteiger partial charge in [-0.15, -0.1) is 0 Å². The van der Waals surface area contributed by atoms with Crippen molar-refractivity contribution in [2.45, 2.75) is 42.9 Å². The van der Waals surface area contributed by atoms with E-state index < -0.39 is 9.93 Å². The van der Waals surface area contributed by atoms with Crippen LogP contribution in [0.1, 0.15) is 43.6 Å². The standard InChI is InChI=1S/C14H22OS/c1-16(2,15)14-10-8-13(9-11-14)12-6-4-3-5-7-12/h8-12,16H,3-7H2,1-2H3. The van der Waals surface area contributed by atoms with Crippen LogP contribution in [0.4, 0.5) is 0 Å². The first-order valence-electron chi connectivity index (χ1n) is 6.23. The molecular formula is C14H22OS. The van der Waals surface area contributed by atoms with Gasteiger partial charge in [0, 0.05) is 4.90 Å². The molecule has 0 spiro atoms. The van der Waals surface area contributed by atoms with Crippen molar-refractivity contribution >= 4 is 9.93 Å². The molecule has 1 aliphatic carbocycles. The van der Waals surface area contributed by atoms with Crippen LogP contribution < -0.4 is 0 Å². The third-order valence-electron chi connectivity index (χ3n) is 3.59. The number of benzene rings is 1. The molecule has 1 saturated carbocycles. The molecule has 2 rings (SSSR count). The zero-order valence-electron chi connectivity index (χ0n) is 10.3. The van der Waals surface area contributed by atoms with Crippen molar-refractivity contribution in [1.82, 2.24) is 0 Å². The van der Waals surface area contributed by atoms with Crippen molar-refractivity contribution in [3.05, 3.63) is 29.8 Å². The van der Waals surface area contributed by atoms with E-state index in [0.29, 0.717) is 0 Å². The molecular weight excluding hydrogens is 216 g/mol. The lowest BCUT2D eigenvalue weighted by atomic mass is 9.84. The van der Waals surface area contributed by atoms with Crippen molar-refractivity contribution in [2.75, 3.05) is 12.5 Å². The smallest absolute Gasteiger partial charge is 0.0142 e. The lowest BCUT2D eigenvalue weighted by Gasteiger charge is -2.22. The van der Waals surface area contributed by atoms with E-state index in [2.05, 4.69) is 24.3 Å². The molecule has 0 atom stereocenters. The highest BCUT2D eigenvalue weighted by Crippen LogP contribution is 2.33. The summed E-state index contributed by atoms with van der Waals surface area (Å²) in [5, 5.41) is 0. The van der Waals surface area contributed by atoms with E-state index in [-0.39, 0.29) is 0 Å². The first kappa shape index (κ1) is 11.8. The normalized spacial score (nSPS) is 19.6. The number of thiol groups is 1. The van der Waals surface area contributed by atoms with Crippen LogP contribution in [-0.4, -0.2) is 16.7 Å². The molecule has 1 aromatic rings. The van der Waals surface area contributed by atoms with Crippen LogP contribution in [-0.2, 0) is 9.93 Å². The van der Waals surface area contributed by atoms with Crippen LogP contribution in [0.15, 0.2) is 29.2 Å². The number of hydrogen-bond acceptors (Lipinski definition) is 1. The molecule has 0 aliphatic heterocycles. The minimum absolute atomic E-state index is 0.746. The third-order valence-corrected chi connectivity index (χ3v) is 5.13. The molecule has 0 amide bonds. The fraction of sp³-hybridized carbons (Fsp3) is 0.571. The first-order chi connectivity index (χ1) is 7.57. The second kappa shape index (κ2) is 4.70. The molecule has 0 heterocycles. The van der Waals surface area contributed by atoms with Gasteiger partial charge in [0.15, 0.2) is 0 Å². The van der Waals surface area contributed by atoms with E-state index in [1.54, 1.807) is 0 Å². The van der Waals surface area contributed by atoms with Crippen molar-refractivity contribution < 1.29 is 4.21 Å². The topological polar surface area (TPSA) is 17.1 Å². The fourth-order valence-corrected chi connectivity index (χ4v) is 3.41. The summed E-state index contributed by atoms with van der Waals surface area (Å²) in [4.78, 5) is 1.01. The van der Waals surface area contributed by atoms with Gasteiger partial charge in [-0.05, 0) is 49.0 Å². The average molecular weight is 238 g/mol. The molecule has 0 aromatic heterocycles. The maximum absolute atomic E-state index is 11.9. The molecule has 0 unspecified atom stereocenters. The molecule has 16 heavy (non-hydrogen) atoms. The minimum atomic E-state index is -2.08. The quantitative estimate of drug-likeness (QED) is 0.782. The molecule has 0 N–H and O–H groups in total. The molecule has 1 aliphatic rings. The van der Waals surface area contributed by atoms with Gasteiger partial charge in [-0.1, -0.05) is 41.3 Å². The largest absolute Gasteiger partial charge is 0.281 e. The van der Waals surface area contributed by atoms with Crippen LogP contribution in [0.25, 0.3) is 0 Å². The van der Waals surface area contributed by atoms with Gasteiger partial charge in [0.25, 0.3) is 0 Å². The molecule has 0 bridgehead atoms. The van der Waals surface area contributed by atoms with E-state index in [0.717, 1.165) is 10.8 Å². The predicted octanol–water partition coefficient (Wildman–Crippen LogP) is 3.37. The zero-order chi connectivity index (χ0) is 11.6. The van der Waals surface area contributed by atoms with Gasteiger partial charge in [-0.25, -0.2) is 0 Å². The van der Waals surface area contributed by atoms with Crippen LogP contribution >= 0.6 is 0 Å². The summed E-state index contributed by atoms with van der Waals surface area (Å²) < 4.78 is 11.9. The summed E-state index contributed by atoms with van der Waals surface area (Å²) in [7, 11) is -2.08. The van der Waals surface area contributed by atoms with Gasteiger partial charge in [-0.3, -0.25) is 4.21 Å². The van der Waals surface area contributed by atoms with Gasteiger partial charge in [0.2, 0.25) is 0 Å². The van der Waals surface area contributed by atoms with Crippen LogP contribution in [0.2, 0.25) is 0 Å². The Morgan fingerprint density at radius 2 is 1.56 bits per heavy atom. The van der Waals surface area contributed by atoms with Gasteiger partial charge >= 0.3 is 0 Å². The van der Waals surface area contributed by atoms with Crippen LogP contribution in [0, 0.1) is 0 Å². The van der Waals surface area contributed by atoms with E-state index in [1.165, 1.54) is 37.7 Å². The first-order valence-corrected chi connectivity index (χ1v) is 8.83. The second-order valence-corrected chi connectivity index (χ2v) is 8.50. The van der Waals surface area contributed by atoms with Crippen LogP contribution in [0.5, 0.6) is 0 Å². The fourth-order valence-electron chi connectivity index (χ4n) is 2.54. The highest BCUT2D eigenvalue weighted by Gasteiger charge is 2.15. The maximum atomic E-state index is 11.9. The Morgan fingerprint density at radius 1 is 1.00 bits per heavy atom. The van der Waals surface area contributed by atoms with Gasteiger partial charge < -0.3 is 0 Å². The Balaban J connectivity index is 2.15. The summed E-state index contributed by atoms with van der Waals surface area (Å²) in [6.07, 6.45) is 10.5. The molecule has 1 aromatic carbocycles. The van der Waals surface area contributed by atoms with Crippen molar-refractivity contribution in [3.63, 3.8) is 0 Å².